The van der Waals surface area contributed by atoms with Crippen molar-refractivity contribution >= 4 is 17.8 Å². The third kappa shape index (κ3) is 2.25. The molecule has 2 saturated heterocycles. The summed E-state index contributed by atoms with van der Waals surface area (Å²) in [4.78, 5) is 39.4. The maximum Gasteiger partial charge on any atom is 0.333 e. The molecule has 2 aliphatic rings. The number of amides is 4. The van der Waals surface area contributed by atoms with Gasteiger partial charge in [-0.3, -0.25) is 19.4 Å². The summed E-state index contributed by atoms with van der Waals surface area (Å²) in [6, 6.07) is -0.599. The van der Waals surface area contributed by atoms with Crippen LogP contribution in [0.4, 0.5) is 4.79 Å². The number of hydrogen-bond donors (Lipinski definition) is 0. The molecule has 4 amide bonds. The molecule has 0 atom stereocenters. The van der Waals surface area contributed by atoms with Gasteiger partial charge in [0.15, 0.2) is 0 Å². The van der Waals surface area contributed by atoms with E-state index >= 15 is 0 Å². The Kier molecular flexibility index (Phi) is 3.42. The average Bonchev–Trinajstić information content (AvgIpc) is 2.80. The van der Waals surface area contributed by atoms with E-state index in [1.54, 1.807) is 6.08 Å². The van der Waals surface area contributed by atoms with Crippen LogP contribution in [0.5, 0.6) is 0 Å². The molecule has 0 aromatic rings. The number of barbiturate groups is 1. The normalized spacial score (nSPS) is 22.9. The fourth-order valence-corrected chi connectivity index (χ4v) is 2.22. The van der Waals surface area contributed by atoms with E-state index in [0.717, 1.165) is 34.9 Å². The first-order chi connectivity index (χ1) is 8.93. The maximum atomic E-state index is 11.9. The summed E-state index contributed by atoms with van der Waals surface area (Å²) in [6.45, 7) is 0.981. The lowest BCUT2D eigenvalue weighted by Crippen LogP contribution is -2.53. The predicted octanol–water partition coefficient (Wildman–Crippen LogP) is 0.573. The molecule has 0 aliphatic carbocycles. The molecule has 0 spiro atoms. The van der Waals surface area contributed by atoms with Crippen molar-refractivity contribution in [1.29, 1.82) is 0 Å². The molecule has 2 fully saturated rings. The number of hydrogen-bond acceptors (Lipinski definition) is 4. The first kappa shape index (κ1) is 13.3. The molecular weight excluding hydrogens is 246 g/mol. The highest BCUT2D eigenvalue weighted by Gasteiger charge is 2.37. The number of rotatable bonds is 1. The van der Waals surface area contributed by atoms with Crippen molar-refractivity contribution in [3.05, 3.63) is 23.4 Å². The minimum atomic E-state index is -0.599. The molecule has 0 radical (unpaired) electrons. The maximum absolute atomic E-state index is 11.9. The molecule has 0 N–H and O–H groups in total. The second-order valence-electron chi connectivity index (χ2n) is 4.77. The van der Waals surface area contributed by atoms with E-state index < -0.39 is 17.8 Å². The SMILES string of the molecule is CN1CCCC1=CC=C1C(=O)N(C)C(=O)N(C)C1=O. The molecule has 6 heteroatoms. The van der Waals surface area contributed by atoms with E-state index in [0.29, 0.717) is 0 Å². The van der Waals surface area contributed by atoms with E-state index in [4.69, 9.17) is 0 Å². The zero-order valence-electron chi connectivity index (χ0n) is 11.3. The van der Waals surface area contributed by atoms with Crippen molar-refractivity contribution in [3.8, 4) is 0 Å². The van der Waals surface area contributed by atoms with Gasteiger partial charge >= 0.3 is 6.03 Å². The lowest BCUT2D eigenvalue weighted by atomic mass is 10.1. The first-order valence-electron chi connectivity index (χ1n) is 6.15. The molecule has 102 valence electrons. The van der Waals surface area contributed by atoms with Crippen molar-refractivity contribution in [3.63, 3.8) is 0 Å². The Morgan fingerprint density at radius 3 is 2.00 bits per heavy atom. The van der Waals surface area contributed by atoms with Crippen LogP contribution in [0.3, 0.4) is 0 Å². The Hall–Kier alpha value is -2.11. The number of allylic oxidation sites excluding steroid dienone is 3. The van der Waals surface area contributed by atoms with E-state index in [1.807, 2.05) is 7.05 Å². The van der Waals surface area contributed by atoms with Crippen LogP contribution in [0.25, 0.3) is 0 Å². The second-order valence-corrected chi connectivity index (χ2v) is 4.77. The van der Waals surface area contributed by atoms with Gasteiger partial charge < -0.3 is 4.90 Å². The molecule has 0 unspecified atom stereocenters. The highest BCUT2D eigenvalue weighted by Crippen LogP contribution is 2.20. The number of likely N-dealkylation sites (N-methyl/N-ethyl adjacent to an activating group) is 2. The molecule has 6 nitrogen and oxygen atoms in total. The fourth-order valence-electron chi connectivity index (χ4n) is 2.22. The van der Waals surface area contributed by atoms with E-state index in [-0.39, 0.29) is 5.57 Å². The van der Waals surface area contributed by atoms with Crippen LogP contribution < -0.4 is 0 Å². The lowest BCUT2D eigenvalue weighted by molar-refractivity contribution is -0.134. The van der Waals surface area contributed by atoms with Crippen molar-refractivity contribution in [1.82, 2.24) is 14.7 Å². The monoisotopic (exact) mass is 263 g/mol. The Balaban J connectivity index is 2.30. The highest BCUT2D eigenvalue weighted by atomic mass is 16.2. The Morgan fingerprint density at radius 1 is 0.947 bits per heavy atom. The lowest BCUT2D eigenvalue weighted by Gasteiger charge is -2.28. The Morgan fingerprint density at radius 2 is 1.53 bits per heavy atom. The fraction of sp³-hybridized carbons (Fsp3) is 0.462. The molecular formula is C13H17N3O3. The van der Waals surface area contributed by atoms with Gasteiger partial charge in [-0.15, -0.1) is 0 Å². The van der Waals surface area contributed by atoms with Crippen LogP contribution in [-0.4, -0.2) is 60.2 Å². The summed E-state index contributed by atoms with van der Waals surface area (Å²) in [6.07, 6.45) is 5.32. The first-order valence-corrected chi connectivity index (χ1v) is 6.15. The van der Waals surface area contributed by atoms with Gasteiger partial charge in [0, 0.05) is 33.4 Å². The smallest absolute Gasteiger partial charge is 0.333 e. The van der Waals surface area contributed by atoms with E-state index in [1.165, 1.54) is 20.2 Å². The highest BCUT2D eigenvalue weighted by molar-refractivity contribution is 6.28. The number of nitrogens with zero attached hydrogens (tertiary/aromatic N) is 3. The summed E-state index contributed by atoms with van der Waals surface area (Å²) in [5, 5.41) is 0. The van der Waals surface area contributed by atoms with E-state index in [9.17, 15) is 14.4 Å². The number of urea groups is 1. The minimum Gasteiger partial charge on any atom is -0.378 e. The largest absolute Gasteiger partial charge is 0.378 e. The van der Waals surface area contributed by atoms with Gasteiger partial charge in [-0.25, -0.2) is 4.79 Å². The zero-order valence-corrected chi connectivity index (χ0v) is 11.3. The average molecular weight is 263 g/mol. The van der Waals surface area contributed by atoms with Crippen molar-refractivity contribution in [2.75, 3.05) is 27.7 Å². The molecule has 0 saturated carbocycles. The molecule has 19 heavy (non-hydrogen) atoms. The summed E-state index contributed by atoms with van der Waals surface area (Å²) >= 11 is 0. The van der Waals surface area contributed by atoms with Crippen LogP contribution in [0.15, 0.2) is 23.4 Å². The third-order valence-electron chi connectivity index (χ3n) is 3.50. The molecule has 0 aromatic heterocycles. The summed E-state index contributed by atoms with van der Waals surface area (Å²) < 4.78 is 0. The van der Waals surface area contributed by atoms with Crippen LogP contribution >= 0.6 is 0 Å². The third-order valence-corrected chi connectivity index (χ3v) is 3.50. The Labute approximate surface area is 111 Å². The quantitative estimate of drug-likeness (QED) is 0.512. The predicted molar refractivity (Wildman–Crippen MR) is 69.0 cm³/mol. The van der Waals surface area contributed by atoms with Gasteiger partial charge in [-0.05, 0) is 25.0 Å². The van der Waals surface area contributed by atoms with Gasteiger partial charge in [0.1, 0.15) is 5.57 Å². The van der Waals surface area contributed by atoms with E-state index in [2.05, 4.69) is 4.90 Å². The molecule has 0 aromatic carbocycles. The molecule has 2 rings (SSSR count). The summed E-state index contributed by atoms with van der Waals surface area (Å²) in [7, 11) is 4.72. The summed E-state index contributed by atoms with van der Waals surface area (Å²) in [5.74, 6) is -1.10. The molecule has 2 aliphatic heterocycles. The van der Waals surface area contributed by atoms with Crippen molar-refractivity contribution < 1.29 is 14.4 Å². The minimum absolute atomic E-state index is 0.0254. The van der Waals surface area contributed by atoms with Crippen LogP contribution in [0.2, 0.25) is 0 Å². The van der Waals surface area contributed by atoms with Crippen LogP contribution in [0.1, 0.15) is 12.8 Å². The topological polar surface area (TPSA) is 60.9 Å². The second kappa shape index (κ2) is 4.87. The van der Waals surface area contributed by atoms with Crippen LogP contribution in [-0.2, 0) is 9.59 Å². The number of carbonyl (C=O) groups excluding carboxylic acids is 3. The van der Waals surface area contributed by atoms with Gasteiger partial charge in [-0.1, -0.05) is 0 Å². The van der Waals surface area contributed by atoms with Gasteiger partial charge in [0.05, 0.1) is 0 Å². The van der Waals surface area contributed by atoms with Crippen molar-refractivity contribution in [2.24, 2.45) is 0 Å². The van der Waals surface area contributed by atoms with Gasteiger partial charge in [-0.2, -0.15) is 0 Å². The molecule has 0 bridgehead atoms. The number of imide groups is 2. The van der Waals surface area contributed by atoms with Crippen LogP contribution in [0, 0.1) is 0 Å². The van der Waals surface area contributed by atoms with Gasteiger partial charge in [0.2, 0.25) is 0 Å². The zero-order chi connectivity index (χ0) is 14.2. The number of carbonyl (C=O) groups is 3. The van der Waals surface area contributed by atoms with Gasteiger partial charge in [0.25, 0.3) is 11.8 Å². The standard InChI is InChI=1S/C13H17N3O3/c1-14-8-4-5-9(14)6-7-10-11(17)15(2)13(19)16(3)12(10)18/h6-7H,4-5,8H2,1-3H3. The Bertz CT molecular complexity index is 481. The molecule has 2 heterocycles. The summed E-state index contributed by atoms with van der Waals surface area (Å²) in [5.41, 5.74) is 1.12. The number of likely N-dealkylation sites (tertiary alicyclic amines) is 1. The van der Waals surface area contributed by atoms with Crippen molar-refractivity contribution in [2.45, 2.75) is 12.8 Å².